The Kier molecular flexibility index (Phi) is 5.05. The van der Waals surface area contributed by atoms with E-state index in [9.17, 15) is 9.59 Å². The number of hydrogen-bond donors (Lipinski definition) is 0. The number of rotatable bonds is 6. The molecule has 4 rings (SSSR count). The van der Waals surface area contributed by atoms with Crippen LogP contribution in [0, 0.1) is 5.92 Å². The van der Waals surface area contributed by atoms with E-state index in [2.05, 4.69) is 0 Å². The number of carbonyl (C=O) groups excluding carboxylic acids is 2. The summed E-state index contributed by atoms with van der Waals surface area (Å²) in [7, 11) is 1.62. The minimum absolute atomic E-state index is 0.150. The molecule has 146 valence electrons. The van der Waals surface area contributed by atoms with Gasteiger partial charge < -0.3 is 4.74 Å². The maximum atomic E-state index is 13.2. The van der Waals surface area contributed by atoms with Crippen LogP contribution in [0.2, 0.25) is 0 Å². The van der Waals surface area contributed by atoms with Crippen molar-refractivity contribution in [2.75, 3.05) is 18.7 Å². The van der Waals surface area contributed by atoms with Crippen molar-refractivity contribution >= 4 is 17.5 Å². The summed E-state index contributed by atoms with van der Waals surface area (Å²) in [5, 5.41) is 1.71. The third kappa shape index (κ3) is 3.03. The molecular formula is C22H24N2O4. The van der Waals surface area contributed by atoms with Crippen molar-refractivity contribution in [3.63, 3.8) is 0 Å². The predicted molar refractivity (Wildman–Crippen MR) is 105 cm³/mol. The standard InChI is InChI=1S/C22H24N2O4/c1-3-4-14-23-21(25)18-19(15-10-12-17(27-2)13-11-15)24(28-20(18)22(23)26)16-8-6-5-7-9-16/h5-13,18-20H,3-4,14H2,1-2H3/t18-,19-,20-/m1/s1. The molecule has 2 aliphatic heterocycles. The molecule has 2 fully saturated rings. The molecule has 2 aliphatic rings. The fraction of sp³-hybridized carbons (Fsp3) is 0.364. The number of likely N-dealkylation sites (tertiary alicyclic amines) is 1. The highest BCUT2D eigenvalue weighted by atomic mass is 16.7. The molecule has 6 nitrogen and oxygen atoms in total. The molecule has 0 radical (unpaired) electrons. The van der Waals surface area contributed by atoms with Gasteiger partial charge in [-0.2, -0.15) is 0 Å². The van der Waals surface area contributed by atoms with Crippen molar-refractivity contribution in [2.45, 2.75) is 31.9 Å². The predicted octanol–water partition coefficient (Wildman–Crippen LogP) is 3.34. The summed E-state index contributed by atoms with van der Waals surface area (Å²) in [6.45, 7) is 2.49. The number of para-hydroxylation sites is 1. The number of benzene rings is 2. The molecule has 2 aromatic rings. The summed E-state index contributed by atoms with van der Waals surface area (Å²) >= 11 is 0. The number of hydroxylamine groups is 1. The second-order valence-electron chi connectivity index (χ2n) is 7.11. The third-order valence-electron chi connectivity index (χ3n) is 5.41. The van der Waals surface area contributed by atoms with Gasteiger partial charge >= 0.3 is 0 Å². The quantitative estimate of drug-likeness (QED) is 0.720. The maximum Gasteiger partial charge on any atom is 0.261 e. The average molecular weight is 380 g/mol. The second-order valence-corrected chi connectivity index (χ2v) is 7.11. The van der Waals surface area contributed by atoms with Gasteiger partial charge in [0.2, 0.25) is 5.91 Å². The highest BCUT2D eigenvalue weighted by Crippen LogP contribution is 2.46. The van der Waals surface area contributed by atoms with Crippen molar-refractivity contribution in [1.82, 2.24) is 4.90 Å². The van der Waals surface area contributed by atoms with Gasteiger partial charge in [-0.3, -0.25) is 19.3 Å². The summed E-state index contributed by atoms with van der Waals surface area (Å²) in [5.74, 6) is -0.204. The van der Waals surface area contributed by atoms with E-state index in [0.717, 1.165) is 29.8 Å². The van der Waals surface area contributed by atoms with Gasteiger partial charge in [0.1, 0.15) is 11.7 Å². The first-order valence-electron chi connectivity index (χ1n) is 9.66. The molecule has 0 aliphatic carbocycles. The summed E-state index contributed by atoms with van der Waals surface area (Å²) in [6, 6.07) is 16.8. The lowest BCUT2D eigenvalue weighted by atomic mass is 9.90. The monoisotopic (exact) mass is 380 g/mol. The zero-order valence-electron chi connectivity index (χ0n) is 16.1. The zero-order valence-corrected chi connectivity index (χ0v) is 16.1. The van der Waals surface area contributed by atoms with Crippen LogP contribution in [0.25, 0.3) is 0 Å². The Balaban J connectivity index is 1.72. The van der Waals surface area contributed by atoms with Crippen LogP contribution in [0.1, 0.15) is 31.4 Å². The van der Waals surface area contributed by atoms with Crippen LogP contribution in [0.4, 0.5) is 5.69 Å². The molecule has 0 bridgehead atoms. The molecule has 2 aromatic carbocycles. The summed E-state index contributed by atoms with van der Waals surface area (Å²) in [6.07, 6.45) is 0.939. The lowest BCUT2D eigenvalue weighted by Crippen LogP contribution is -2.37. The third-order valence-corrected chi connectivity index (χ3v) is 5.41. The van der Waals surface area contributed by atoms with E-state index >= 15 is 0 Å². The van der Waals surface area contributed by atoms with Crippen molar-refractivity contribution in [2.24, 2.45) is 5.92 Å². The Morgan fingerprint density at radius 1 is 1.00 bits per heavy atom. The number of nitrogens with zero attached hydrogens (tertiary/aromatic N) is 2. The first-order valence-corrected chi connectivity index (χ1v) is 9.66. The van der Waals surface area contributed by atoms with Crippen LogP contribution in [-0.2, 0) is 14.4 Å². The number of anilines is 1. The number of ether oxygens (including phenoxy) is 1. The Bertz CT molecular complexity index is 853. The molecule has 28 heavy (non-hydrogen) atoms. The average Bonchev–Trinajstić information content (AvgIpc) is 3.24. The van der Waals surface area contributed by atoms with Crippen molar-refractivity contribution in [3.8, 4) is 5.75 Å². The minimum atomic E-state index is -0.781. The van der Waals surface area contributed by atoms with Gasteiger partial charge in [0, 0.05) is 6.54 Å². The number of carbonyl (C=O) groups is 2. The molecule has 0 N–H and O–H groups in total. The van der Waals surface area contributed by atoms with Gasteiger partial charge in [-0.25, -0.2) is 5.06 Å². The summed E-state index contributed by atoms with van der Waals surface area (Å²) in [4.78, 5) is 33.5. The Morgan fingerprint density at radius 2 is 1.71 bits per heavy atom. The molecule has 2 amide bonds. The molecule has 0 aromatic heterocycles. The number of amides is 2. The second kappa shape index (κ2) is 7.64. The highest BCUT2D eigenvalue weighted by Gasteiger charge is 2.59. The van der Waals surface area contributed by atoms with Gasteiger partial charge in [0.25, 0.3) is 5.91 Å². The molecule has 2 saturated heterocycles. The Labute approximate surface area is 164 Å². The summed E-state index contributed by atoms with van der Waals surface area (Å²) in [5.41, 5.74) is 1.73. The van der Waals surface area contributed by atoms with Gasteiger partial charge in [-0.1, -0.05) is 43.7 Å². The molecule has 6 heteroatoms. The fourth-order valence-electron chi connectivity index (χ4n) is 3.95. The minimum Gasteiger partial charge on any atom is -0.497 e. The van der Waals surface area contributed by atoms with E-state index < -0.39 is 12.0 Å². The zero-order chi connectivity index (χ0) is 19.7. The van der Waals surface area contributed by atoms with Crippen molar-refractivity contribution < 1.29 is 19.2 Å². The van der Waals surface area contributed by atoms with Gasteiger partial charge in [0.15, 0.2) is 6.10 Å². The van der Waals surface area contributed by atoms with E-state index in [4.69, 9.17) is 9.57 Å². The van der Waals surface area contributed by atoms with Gasteiger partial charge in [-0.15, -0.1) is 0 Å². The number of fused-ring (bicyclic) bond motifs is 1. The van der Waals surface area contributed by atoms with E-state index in [-0.39, 0.29) is 17.9 Å². The van der Waals surface area contributed by atoms with Crippen LogP contribution in [-0.4, -0.2) is 36.5 Å². The first kappa shape index (κ1) is 18.5. The fourth-order valence-corrected chi connectivity index (χ4v) is 3.95. The maximum absolute atomic E-state index is 13.2. The number of methoxy groups -OCH3 is 1. The Morgan fingerprint density at radius 3 is 2.36 bits per heavy atom. The topological polar surface area (TPSA) is 59.1 Å². The van der Waals surface area contributed by atoms with E-state index in [0.29, 0.717) is 6.54 Å². The summed E-state index contributed by atoms with van der Waals surface area (Å²) < 4.78 is 5.26. The molecule has 3 atom stereocenters. The van der Waals surface area contributed by atoms with Crippen LogP contribution in [0.3, 0.4) is 0 Å². The number of hydrogen-bond acceptors (Lipinski definition) is 5. The SMILES string of the molecule is CCCCN1C(=O)[C@@H]2[C@@H](c3ccc(OC)cc3)N(c3ccccc3)O[C@H]2C1=O. The van der Waals surface area contributed by atoms with E-state index in [1.54, 1.807) is 12.2 Å². The first-order chi connectivity index (χ1) is 13.7. The number of unbranched alkanes of at least 4 members (excludes halogenated alkanes) is 1. The van der Waals surface area contributed by atoms with Crippen LogP contribution in [0.15, 0.2) is 54.6 Å². The van der Waals surface area contributed by atoms with Gasteiger partial charge in [0.05, 0.1) is 18.8 Å². The molecule has 0 saturated carbocycles. The largest absolute Gasteiger partial charge is 0.497 e. The van der Waals surface area contributed by atoms with E-state index in [1.807, 2.05) is 61.5 Å². The highest BCUT2D eigenvalue weighted by molar-refractivity contribution is 6.07. The lowest BCUT2D eigenvalue weighted by Gasteiger charge is -2.28. The van der Waals surface area contributed by atoms with Crippen LogP contribution < -0.4 is 9.80 Å². The van der Waals surface area contributed by atoms with Crippen LogP contribution >= 0.6 is 0 Å². The molecule has 0 unspecified atom stereocenters. The number of imide groups is 1. The normalized spacial score (nSPS) is 24.0. The van der Waals surface area contributed by atoms with Crippen molar-refractivity contribution in [3.05, 3.63) is 60.2 Å². The van der Waals surface area contributed by atoms with Gasteiger partial charge in [-0.05, 0) is 36.2 Å². The molecular weight excluding hydrogens is 356 g/mol. The van der Waals surface area contributed by atoms with Crippen molar-refractivity contribution in [1.29, 1.82) is 0 Å². The van der Waals surface area contributed by atoms with E-state index in [1.165, 1.54) is 4.90 Å². The smallest absolute Gasteiger partial charge is 0.261 e. The molecule has 0 spiro atoms. The lowest BCUT2D eigenvalue weighted by molar-refractivity contribution is -0.143. The molecule has 2 heterocycles. The van der Waals surface area contributed by atoms with Crippen LogP contribution in [0.5, 0.6) is 5.75 Å². The Hall–Kier alpha value is -2.86.